The summed E-state index contributed by atoms with van der Waals surface area (Å²) in [5.41, 5.74) is 2.04. The van der Waals surface area contributed by atoms with Crippen LogP contribution < -0.4 is 5.32 Å². The summed E-state index contributed by atoms with van der Waals surface area (Å²) in [7, 11) is 0. The normalized spacial score (nSPS) is 14.7. The number of aliphatic hydroxyl groups excluding tert-OH is 1. The molecule has 0 saturated heterocycles. The van der Waals surface area contributed by atoms with Gasteiger partial charge in [-0.05, 0) is 37.1 Å². The molecule has 0 spiro atoms. The van der Waals surface area contributed by atoms with E-state index in [4.69, 9.17) is 0 Å². The second-order valence-corrected chi connectivity index (χ2v) is 6.11. The standard InChI is InChI=1S/C20H22N2O3/c23-14-18(15-8-2-1-3-9-15)21-12-6-7-13-22-19(24)16-10-4-5-11-17(16)20(22)25/h1-5,8-11,18,21,23H,6-7,12-14H2. The number of hydrogen-bond donors (Lipinski definition) is 2. The van der Waals surface area contributed by atoms with Crippen LogP contribution in [0.15, 0.2) is 54.6 Å². The van der Waals surface area contributed by atoms with Crippen molar-refractivity contribution in [3.8, 4) is 0 Å². The lowest BCUT2D eigenvalue weighted by molar-refractivity contribution is 0.0651. The molecule has 0 aromatic heterocycles. The molecule has 1 heterocycles. The van der Waals surface area contributed by atoms with E-state index in [1.807, 2.05) is 30.3 Å². The molecule has 3 rings (SSSR count). The summed E-state index contributed by atoms with van der Waals surface area (Å²) >= 11 is 0. The summed E-state index contributed by atoms with van der Waals surface area (Å²) in [6.07, 6.45) is 1.54. The maximum absolute atomic E-state index is 12.3. The quantitative estimate of drug-likeness (QED) is 0.573. The number of rotatable bonds is 8. The van der Waals surface area contributed by atoms with Crippen LogP contribution in [-0.2, 0) is 0 Å². The largest absolute Gasteiger partial charge is 0.394 e. The molecule has 25 heavy (non-hydrogen) atoms. The summed E-state index contributed by atoms with van der Waals surface area (Å²) in [6.45, 7) is 1.16. The molecule has 0 aliphatic carbocycles. The van der Waals surface area contributed by atoms with Crippen LogP contribution in [0.25, 0.3) is 0 Å². The summed E-state index contributed by atoms with van der Waals surface area (Å²) in [5, 5.41) is 12.8. The van der Waals surface area contributed by atoms with Gasteiger partial charge in [0.15, 0.2) is 0 Å². The van der Waals surface area contributed by atoms with Gasteiger partial charge in [0.25, 0.3) is 11.8 Å². The number of fused-ring (bicyclic) bond motifs is 1. The van der Waals surface area contributed by atoms with Crippen LogP contribution in [0.3, 0.4) is 0 Å². The molecule has 0 saturated carbocycles. The van der Waals surface area contributed by atoms with Gasteiger partial charge in [-0.3, -0.25) is 14.5 Å². The Hall–Kier alpha value is -2.50. The first-order valence-electron chi connectivity index (χ1n) is 8.57. The minimum atomic E-state index is -0.203. The van der Waals surface area contributed by atoms with E-state index in [0.29, 0.717) is 24.2 Å². The van der Waals surface area contributed by atoms with E-state index in [1.54, 1.807) is 24.3 Å². The van der Waals surface area contributed by atoms with E-state index in [0.717, 1.165) is 18.4 Å². The van der Waals surface area contributed by atoms with Crippen molar-refractivity contribution >= 4 is 11.8 Å². The minimum absolute atomic E-state index is 0.0302. The lowest BCUT2D eigenvalue weighted by Gasteiger charge is -2.17. The molecule has 0 bridgehead atoms. The zero-order valence-corrected chi connectivity index (χ0v) is 14.0. The first-order chi connectivity index (χ1) is 12.2. The number of nitrogens with one attached hydrogen (secondary N) is 1. The maximum atomic E-state index is 12.3. The number of amides is 2. The van der Waals surface area contributed by atoms with E-state index in [-0.39, 0.29) is 24.5 Å². The molecule has 1 aliphatic heterocycles. The number of benzene rings is 2. The van der Waals surface area contributed by atoms with Crippen molar-refractivity contribution in [3.63, 3.8) is 0 Å². The number of imide groups is 1. The van der Waals surface area contributed by atoms with Gasteiger partial charge < -0.3 is 10.4 Å². The van der Waals surface area contributed by atoms with E-state index in [2.05, 4.69) is 5.32 Å². The number of aliphatic hydroxyl groups is 1. The lowest BCUT2D eigenvalue weighted by atomic mass is 10.1. The van der Waals surface area contributed by atoms with Crippen LogP contribution >= 0.6 is 0 Å². The number of unbranched alkanes of at least 4 members (excludes halogenated alkanes) is 1. The number of nitrogens with zero attached hydrogens (tertiary/aromatic N) is 1. The topological polar surface area (TPSA) is 69.6 Å². The highest BCUT2D eigenvalue weighted by atomic mass is 16.3. The molecular formula is C20H22N2O3. The van der Waals surface area contributed by atoms with Gasteiger partial charge in [0.1, 0.15) is 0 Å². The monoisotopic (exact) mass is 338 g/mol. The molecule has 1 aliphatic rings. The number of carbonyl (C=O) groups excluding carboxylic acids is 2. The Balaban J connectivity index is 1.45. The Bertz CT molecular complexity index is 711. The van der Waals surface area contributed by atoms with E-state index in [9.17, 15) is 14.7 Å². The van der Waals surface area contributed by atoms with Gasteiger partial charge in [-0.25, -0.2) is 0 Å². The van der Waals surface area contributed by atoms with Gasteiger partial charge in [0, 0.05) is 6.54 Å². The summed E-state index contributed by atoms with van der Waals surface area (Å²) < 4.78 is 0. The summed E-state index contributed by atoms with van der Waals surface area (Å²) in [5.74, 6) is -0.405. The smallest absolute Gasteiger partial charge is 0.261 e. The van der Waals surface area contributed by atoms with Crippen LogP contribution in [0.4, 0.5) is 0 Å². The van der Waals surface area contributed by atoms with Crippen molar-refractivity contribution < 1.29 is 14.7 Å². The van der Waals surface area contributed by atoms with Gasteiger partial charge in [0.2, 0.25) is 0 Å². The summed E-state index contributed by atoms with van der Waals surface area (Å²) in [4.78, 5) is 25.9. The van der Waals surface area contributed by atoms with Crippen LogP contribution in [0.5, 0.6) is 0 Å². The van der Waals surface area contributed by atoms with Crippen molar-refractivity contribution in [1.82, 2.24) is 10.2 Å². The van der Waals surface area contributed by atoms with Crippen LogP contribution in [0, 0.1) is 0 Å². The lowest BCUT2D eigenvalue weighted by Crippen LogP contribution is -2.31. The second-order valence-electron chi connectivity index (χ2n) is 6.11. The molecule has 2 N–H and O–H groups in total. The average Bonchev–Trinajstić information content (AvgIpc) is 2.90. The van der Waals surface area contributed by atoms with E-state index < -0.39 is 0 Å². The highest BCUT2D eigenvalue weighted by molar-refractivity contribution is 6.21. The zero-order valence-electron chi connectivity index (χ0n) is 14.0. The fourth-order valence-corrected chi connectivity index (χ4v) is 3.09. The van der Waals surface area contributed by atoms with Gasteiger partial charge >= 0.3 is 0 Å². The minimum Gasteiger partial charge on any atom is -0.394 e. The van der Waals surface area contributed by atoms with Crippen LogP contribution in [-0.4, -0.2) is 41.5 Å². The molecule has 130 valence electrons. The van der Waals surface area contributed by atoms with Crippen molar-refractivity contribution in [2.75, 3.05) is 19.7 Å². The van der Waals surface area contributed by atoms with Gasteiger partial charge in [0.05, 0.1) is 23.8 Å². The highest BCUT2D eigenvalue weighted by Crippen LogP contribution is 2.22. The van der Waals surface area contributed by atoms with Crippen LogP contribution in [0.2, 0.25) is 0 Å². The molecule has 0 fully saturated rings. The van der Waals surface area contributed by atoms with Crippen molar-refractivity contribution in [1.29, 1.82) is 0 Å². The molecule has 1 atom stereocenters. The number of carbonyl (C=O) groups is 2. The molecule has 2 aromatic carbocycles. The molecule has 5 nitrogen and oxygen atoms in total. The summed E-state index contributed by atoms with van der Waals surface area (Å²) in [6, 6.07) is 16.6. The predicted molar refractivity (Wildman–Crippen MR) is 95.3 cm³/mol. The Kier molecular flexibility index (Phi) is 5.58. The third-order valence-electron chi connectivity index (χ3n) is 4.46. The predicted octanol–water partition coefficient (Wildman–Crippen LogP) is 2.39. The Labute approximate surface area is 147 Å². The van der Waals surface area contributed by atoms with Crippen molar-refractivity contribution in [3.05, 3.63) is 71.3 Å². The molecule has 0 radical (unpaired) electrons. The highest BCUT2D eigenvalue weighted by Gasteiger charge is 2.34. The number of hydrogen-bond acceptors (Lipinski definition) is 4. The first-order valence-corrected chi connectivity index (χ1v) is 8.57. The van der Waals surface area contributed by atoms with Crippen molar-refractivity contribution in [2.24, 2.45) is 0 Å². The van der Waals surface area contributed by atoms with Gasteiger partial charge in [-0.2, -0.15) is 0 Å². The SMILES string of the molecule is O=C1c2ccccc2C(=O)N1CCCCNC(CO)c1ccccc1. The van der Waals surface area contributed by atoms with Crippen LogP contribution in [0.1, 0.15) is 45.2 Å². The van der Waals surface area contributed by atoms with Gasteiger partial charge in [-0.15, -0.1) is 0 Å². The maximum Gasteiger partial charge on any atom is 0.261 e. The van der Waals surface area contributed by atoms with Gasteiger partial charge in [-0.1, -0.05) is 42.5 Å². The fourth-order valence-electron chi connectivity index (χ4n) is 3.09. The van der Waals surface area contributed by atoms with E-state index >= 15 is 0 Å². The molecule has 1 unspecified atom stereocenters. The second kappa shape index (κ2) is 8.05. The first kappa shape index (κ1) is 17.3. The Morgan fingerprint density at radius 3 is 2.08 bits per heavy atom. The molecular weight excluding hydrogens is 316 g/mol. The average molecular weight is 338 g/mol. The third kappa shape index (κ3) is 3.78. The molecule has 2 aromatic rings. The molecule has 2 amide bonds. The molecule has 5 heteroatoms. The van der Waals surface area contributed by atoms with Crippen molar-refractivity contribution in [2.45, 2.75) is 18.9 Å². The fraction of sp³-hybridized carbons (Fsp3) is 0.300. The third-order valence-corrected chi connectivity index (χ3v) is 4.46. The Morgan fingerprint density at radius 2 is 1.48 bits per heavy atom. The zero-order chi connectivity index (χ0) is 17.6. The Morgan fingerprint density at radius 1 is 0.880 bits per heavy atom. The van der Waals surface area contributed by atoms with E-state index in [1.165, 1.54) is 4.90 Å².